The van der Waals surface area contributed by atoms with Crippen molar-refractivity contribution in [3.8, 4) is 0 Å². The van der Waals surface area contributed by atoms with Crippen molar-refractivity contribution in [2.75, 3.05) is 39.9 Å². The van der Waals surface area contributed by atoms with E-state index in [1.54, 1.807) is 7.11 Å². The van der Waals surface area contributed by atoms with Gasteiger partial charge in [0.15, 0.2) is 0 Å². The summed E-state index contributed by atoms with van der Waals surface area (Å²) in [5, 5.41) is 9.85. The maximum Gasteiger partial charge on any atom is 0.0753 e. The minimum absolute atomic E-state index is 0.336. The van der Waals surface area contributed by atoms with Crippen LogP contribution in [0.25, 0.3) is 0 Å². The van der Waals surface area contributed by atoms with E-state index in [-0.39, 0.29) is 0 Å². The minimum atomic E-state index is -0.714. The summed E-state index contributed by atoms with van der Waals surface area (Å²) in [6.07, 6.45) is 3.25. The van der Waals surface area contributed by atoms with Gasteiger partial charge in [-0.1, -0.05) is 0 Å². The lowest BCUT2D eigenvalue weighted by Crippen LogP contribution is -2.42. The molecule has 0 saturated carbocycles. The molecular formula is C12H26N2O2. The van der Waals surface area contributed by atoms with Gasteiger partial charge in [0.2, 0.25) is 0 Å². The Bertz CT molecular complexity index is 195. The lowest BCUT2D eigenvalue weighted by Gasteiger charge is -2.34. The quantitative estimate of drug-likeness (QED) is 0.695. The van der Waals surface area contributed by atoms with E-state index < -0.39 is 5.60 Å². The fourth-order valence-corrected chi connectivity index (χ4v) is 2.23. The number of piperidine rings is 1. The van der Waals surface area contributed by atoms with E-state index in [1.165, 1.54) is 12.8 Å². The second-order valence-corrected chi connectivity index (χ2v) is 5.22. The molecule has 0 spiro atoms. The Balaban J connectivity index is 2.26. The summed E-state index contributed by atoms with van der Waals surface area (Å²) in [5.41, 5.74) is 4.79. The number of methoxy groups -OCH3 is 1. The van der Waals surface area contributed by atoms with Gasteiger partial charge in [-0.2, -0.15) is 0 Å². The van der Waals surface area contributed by atoms with Gasteiger partial charge in [-0.3, -0.25) is 0 Å². The third-order valence-electron chi connectivity index (χ3n) is 3.41. The molecule has 0 aromatic rings. The molecule has 1 heterocycles. The third-order valence-corrected chi connectivity index (χ3v) is 3.41. The fraction of sp³-hybridized carbons (Fsp3) is 1.00. The van der Waals surface area contributed by atoms with Crippen LogP contribution in [0.4, 0.5) is 0 Å². The first kappa shape index (κ1) is 13.9. The first-order valence-electron chi connectivity index (χ1n) is 6.21. The first-order chi connectivity index (χ1) is 7.57. The van der Waals surface area contributed by atoms with Crippen molar-refractivity contribution in [2.45, 2.75) is 31.8 Å². The zero-order valence-electron chi connectivity index (χ0n) is 10.6. The predicted molar refractivity (Wildman–Crippen MR) is 65.3 cm³/mol. The van der Waals surface area contributed by atoms with Crippen LogP contribution in [-0.4, -0.2) is 55.5 Å². The largest absolute Gasteiger partial charge is 0.389 e. The summed E-state index contributed by atoms with van der Waals surface area (Å²) in [7, 11) is 1.76. The minimum Gasteiger partial charge on any atom is -0.389 e. The normalized spacial score (nSPS) is 26.6. The molecule has 2 unspecified atom stereocenters. The highest BCUT2D eigenvalue weighted by Gasteiger charge is 2.23. The van der Waals surface area contributed by atoms with Gasteiger partial charge in [-0.25, -0.2) is 0 Å². The number of ether oxygens (including phenoxy) is 1. The molecule has 4 nitrogen and oxygen atoms in total. The lowest BCUT2D eigenvalue weighted by molar-refractivity contribution is 0.0348. The van der Waals surface area contributed by atoms with Gasteiger partial charge in [-0.15, -0.1) is 0 Å². The topological polar surface area (TPSA) is 58.7 Å². The zero-order valence-corrected chi connectivity index (χ0v) is 10.6. The summed E-state index contributed by atoms with van der Waals surface area (Å²) >= 11 is 0. The van der Waals surface area contributed by atoms with Crippen LogP contribution in [0.3, 0.4) is 0 Å². The van der Waals surface area contributed by atoms with Gasteiger partial charge in [0.25, 0.3) is 0 Å². The third kappa shape index (κ3) is 4.78. The van der Waals surface area contributed by atoms with Gasteiger partial charge in [0.05, 0.1) is 12.2 Å². The van der Waals surface area contributed by atoms with Gasteiger partial charge in [0.1, 0.15) is 0 Å². The van der Waals surface area contributed by atoms with E-state index in [0.29, 0.717) is 12.5 Å². The average Bonchev–Trinajstić information content (AvgIpc) is 2.28. The van der Waals surface area contributed by atoms with E-state index in [0.717, 1.165) is 32.7 Å². The van der Waals surface area contributed by atoms with Crippen molar-refractivity contribution < 1.29 is 9.84 Å². The van der Waals surface area contributed by atoms with Crippen LogP contribution in [0.2, 0.25) is 0 Å². The van der Waals surface area contributed by atoms with Crippen LogP contribution in [0.1, 0.15) is 26.2 Å². The van der Waals surface area contributed by atoms with Crippen molar-refractivity contribution in [1.29, 1.82) is 0 Å². The Kier molecular flexibility index (Phi) is 5.69. The van der Waals surface area contributed by atoms with Crippen molar-refractivity contribution in [1.82, 2.24) is 4.90 Å². The number of hydrogen-bond donors (Lipinski definition) is 2. The van der Waals surface area contributed by atoms with Gasteiger partial charge < -0.3 is 20.5 Å². The molecule has 2 atom stereocenters. The molecule has 0 bridgehead atoms. The Hall–Kier alpha value is -0.160. The SMILES string of the molecule is COCC1CCCN(CCC(C)(O)CN)C1. The molecule has 0 aliphatic carbocycles. The Morgan fingerprint density at radius 3 is 2.94 bits per heavy atom. The van der Waals surface area contributed by atoms with E-state index >= 15 is 0 Å². The van der Waals surface area contributed by atoms with Crippen molar-refractivity contribution >= 4 is 0 Å². The first-order valence-corrected chi connectivity index (χ1v) is 6.21. The maximum atomic E-state index is 9.85. The standard InChI is InChI=1S/C12H26N2O2/c1-12(15,10-13)5-7-14-6-3-4-11(8-14)9-16-2/h11,15H,3-10,13H2,1-2H3. The summed E-state index contributed by atoms with van der Waals surface area (Å²) in [6.45, 7) is 6.16. The van der Waals surface area contributed by atoms with Crippen LogP contribution in [0.15, 0.2) is 0 Å². The molecule has 0 radical (unpaired) electrons. The van der Waals surface area contributed by atoms with E-state index in [9.17, 15) is 5.11 Å². The molecule has 1 saturated heterocycles. The van der Waals surface area contributed by atoms with Crippen LogP contribution in [0.5, 0.6) is 0 Å². The maximum absolute atomic E-state index is 9.85. The molecule has 0 amide bonds. The molecule has 1 fully saturated rings. The highest BCUT2D eigenvalue weighted by molar-refractivity contribution is 4.78. The highest BCUT2D eigenvalue weighted by atomic mass is 16.5. The summed E-state index contributed by atoms with van der Waals surface area (Å²) in [6, 6.07) is 0. The molecule has 1 rings (SSSR count). The Labute approximate surface area is 98.8 Å². The fourth-order valence-electron chi connectivity index (χ4n) is 2.23. The second kappa shape index (κ2) is 6.55. The summed E-state index contributed by atoms with van der Waals surface area (Å²) in [4.78, 5) is 2.41. The molecule has 96 valence electrons. The number of rotatable bonds is 6. The monoisotopic (exact) mass is 230 g/mol. The number of nitrogens with two attached hydrogens (primary N) is 1. The number of likely N-dealkylation sites (tertiary alicyclic amines) is 1. The smallest absolute Gasteiger partial charge is 0.0753 e. The van der Waals surface area contributed by atoms with Gasteiger partial charge in [0, 0.05) is 26.7 Å². The Morgan fingerprint density at radius 1 is 1.56 bits per heavy atom. The number of nitrogens with zero attached hydrogens (tertiary/aromatic N) is 1. The molecule has 0 aromatic carbocycles. The second-order valence-electron chi connectivity index (χ2n) is 5.22. The van der Waals surface area contributed by atoms with Crippen molar-refractivity contribution in [3.05, 3.63) is 0 Å². The van der Waals surface area contributed by atoms with E-state index in [2.05, 4.69) is 4.90 Å². The van der Waals surface area contributed by atoms with Crippen LogP contribution in [-0.2, 0) is 4.74 Å². The van der Waals surface area contributed by atoms with Gasteiger partial charge in [-0.05, 0) is 38.6 Å². The van der Waals surface area contributed by atoms with E-state index in [1.807, 2.05) is 6.92 Å². The number of hydrogen-bond acceptors (Lipinski definition) is 4. The molecule has 3 N–H and O–H groups in total. The summed E-state index contributed by atoms with van der Waals surface area (Å²) < 4.78 is 5.20. The molecule has 4 heteroatoms. The molecule has 1 aliphatic heterocycles. The molecular weight excluding hydrogens is 204 g/mol. The van der Waals surface area contributed by atoms with Crippen LogP contribution < -0.4 is 5.73 Å². The van der Waals surface area contributed by atoms with Crippen LogP contribution in [0, 0.1) is 5.92 Å². The van der Waals surface area contributed by atoms with Gasteiger partial charge >= 0.3 is 0 Å². The molecule has 0 aromatic heterocycles. The highest BCUT2D eigenvalue weighted by Crippen LogP contribution is 2.18. The molecule has 16 heavy (non-hydrogen) atoms. The predicted octanol–water partition coefficient (Wildman–Crippen LogP) is 0.445. The average molecular weight is 230 g/mol. The zero-order chi connectivity index (χ0) is 12.0. The molecule has 1 aliphatic rings. The van der Waals surface area contributed by atoms with Crippen LogP contribution >= 0.6 is 0 Å². The lowest BCUT2D eigenvalue weighted by atomic mass is 9.97. The number of aliphatic hydroxyl groups is 1. The van der Waals surface area contributed by atoms with Crippen molar-refractivity contribution in [2.24, 2.45) is 11.7 Å². The summed E-state index contributed by atoms with van der Waals surface area (Å²) in [5.74, 6) is 0.654. The van der Waals surface area contributed by atoms with E-state index in [4.69, 9.17) is 10.5 Å². The Morgan fingerprint density at radius 2 is 2.31 bits per heavy atom. The van der Waals surface area contributed by atoms with Crippen molar-refractivity contribution in [3.63, 3.8) is 0 Å².